The lowest BCUT2D eigenvalue weighted by Gasteiger charge is -2.09. The molecule has 4 nitrogen and oxygen atoms in total. The number of nitrogens with zero attached hydrogens (tertiary/aromatic N) is 1. The van der Waals surface area contributed by atoms with Crippen LogP contribution in [-0.4, -0.2) is 17.5 Å². The number of hydrogen-bond donors (Lipinski definition) is 1. The molecular weight excluding hydrogens is 366 g/mol. The Hall–Kier alpha value is -2.32. The topological polar surface area (TPSA) is 51.2 Å². The van der Waals surface area contributed by atoms with Crippen molar-refractivity contribution in [1.29, 1.82) is 0 Å². The lowest BCUT2D eigenvalue weighted by atomic mass is 10.2. The summed E-state index contributed by atoms with van der Waals surface area (Å²) < 4.78 is 29.3. The fraction of sp³-hybridized carbons (Fsp3) is 0.176. The van der Waals surface area contributed by atoms with Crippen LogP contribution in [0.5, 0.6) is 5.75 Å². The molecule has 0 aliphatic carbocycles. The molecule has 3 aromatic rings. The van der Waals surface area contributed by atoms with Crippen LogP contribution < -0.4 is 10.1 Å². The Bertz CT molecular complexity index is 906. The summed E-state index contributed by atoms with van der Waals surface area (Å²) in [6.45, 7) is 1.05. The van der Waals surface area contributed by atoms with Crippen molar-refractivity contribution in [2.45, 2.75) is 20.5 Å². The van der Waals surface area contributed by atoms with Crippen molar-refractivity contribution in [2.75, 3.05) is 5.32 Å². The highest BCUT2D eigenvalue weighted by Gasteiger charge is 2.17. The standard InChI is InChI=1S/C17H14F2N2O2S2/c1-9-7-12(10(2)25-9)13-8-24-17(20-13)21-15(22)11-5-3-4-6-14(11)23-16(18)19/h3-8,16H,1-2H3,(H,20,21,22). The van der Waals surface area contributed by atoms with Gasteiger partial charge in [0, 0.05) is 20.7 Å². The summed E-state index contributed by atoms with van der Waals surface area (Å²) in [5.74, 6) is -0.716. The Balaban J connectivity index is 1.80. The number of para-hydroxylation sites is 1. The molecule has 130 valence electrons. The molecule has 0 bridgehead atoms. The molecular formula is C17H14F2N2O2S2. The summed E-state index contributed by atoms with van der Waals surface area (Å²) in [5, 5.41) is 4.89. The van der Waals surface area contributed by atoms with E-state index in [0.717, 1.165) is 16.1 Å². The van der Waals surface area contributed by atoms with E-state index in [9.17, 15) is 13.6 Å². The average Bonchev–Trinajstić information content (AvgIpc) is 3.13. The molecule has 2 aromatic heterocycles. The van der Waals surface area contributed by atoms with Gasteiger partial charge in [0.25, 0.3) is 5.91 Å². The minimum atomic E-state index is -3.00. The van der Waals surface area contributed by atoms with Crippen molar-refractivity contribution < 1.29 is 18.3 Å². The van der Waals surface area contributed by atoms with Crippen LogP contribution in [-0.2, 0) is 0 Å². The molecule has 0 spiro atoms. The highest BCUT2D eigenvalue weighted by Crippen LogP contribution is 2.33. The number of aryl methyl sites for hydroxylation is 2. The van der Waals surface area contributed by atoms with Crippen molar-refractivity contribution >= 4 is 33.7 Å². The highest BCUT2D eigenvalue weighted by molar-refractivity contribution is 7.14. The zero-order valence-corrected chi connectivity index (χ0v) is 15.0. The van der Waals surface area contributed by atoms with Gasteiger partial charge < -0.3 is 4.74 Å². The largest absolute Gasteiger partial charge is 0.434 e. The third-order valence-corrected chi connectivity index (χ3v) is 5.11. The summed E-state index contributed by atoms with van der Waals surface area (Å²) in [5.41, 5.74) is 1.84. The summed E-state index contributed by atoms with van der Waals surface area (Å²) in [6.07, 6.45) is 0. The summed E-state index contributed by atoms with van der Waals surface area (Å²) >= 11 is 2.96. The predicted octanol–water partition coefficient (Wildman–Crippen LogP) is 5.34. The second-order valence-electron chi connectivity index (χ2n) is 5.19. The van der Waals surface area contributed by atoms with Crippen molar-refractivity contribution in [3.8, 4) is 17.0 Å². The SMILES string of the molecule is Cc1cc(-c2csc(NC(=O)c3ccccc3OC(F)F)n2)c(C)s1. The molecule has 0 fully saturated rings. The third-order valence-electron chi connectivity index (χ3n) is 3.39. The Morgan fingerprint density at radius 3 is 2.72 bits per heavy atom. The van der Waals surface area contributed by atoms with Crippen molar-refractivity contribution in [2.24, 2.45) is 0 Å². The first-order valence-electron chi connectivity index (χ1n) is 7.32. The lowest BCUT2D eigenvalue weighted by Crippen LogP contribution is -2.14. The molecule has 0 unspecified atom stereocenters. The molecule has 0 atom stereocenters. The molecule has 1 amide bonds. The Morgan fingerprint density at radius 1 is 1.28 bits per heavy atom. The van der Waals surface area contributed by atoms with Gasteiger partial charge in [0.1, 0.15) is 5.75 Å². The van der Waals surface area contributed by atoms with Crippen molar-refractivity contribution in [3.05, 3.63) is 51.0 Å². The molecule has 0 aliphatic rings. The van der Waals surface area contributed by atoms with E-state index >= 15 is 0 Å². The molecule has 3 rings (SSSR count). The van der Waals surface area contributed by atoms with Crippen LogP contribution in [0.4, 0.5) is 13.9 Å². The Morgan fingerprint density at radius 2 is 2.04 bits per heavy atom. The number of ether oxygens (including phenoxy) is 1. The van der Waals surface area contributed by atoms with E-state index in [0.29, 0.717) is 5.13 Å². The molecule has 25 heavy (non-hydrogen) atoms. The minimum absolute atomic E-state index is 0.0297. The minimum Gasteiger partial charge on any atom is -0.434 e. The smallest absolute Gasteiger partial charge is 0.387 e. The molecule has 0 saturated heterocycles. The van der Waals surface area contributed by atoms with E-state index in [1.54, 1.807) is 17.4 Å². The average molecular weight is 380 g/mol. The number of nitrogens with one attached hydrogen (secondary N) is 1. The highest BCUT2D eigenvalue weighted by atomic mass is 32.1. The zero-order chi connectivity index (χ0) is 18.0. The number of hydrogen-bond acceptors (Lipinski definition) is 5. The molecule has 0 saturated carbocycles. The van der Waals surface area contributed by atoms with Gasteiger partial charge in [-0.1, -0.05) is 12.1 Å². The maximum absolute atomic E-state index is 12.5. The normalized spacial score (nSPS) is 10.9. The van der Waals surface area contributed by atoms with Gasteiger partial charge in [-0.15, -0.1) is 22.7 Å². The van der Waals surface area contributed by atoms with Crippen molar-refractivity contribution in [3.63, 3.8) is 0 Å². The number of thiophene rings is 1. The molecule has 1 aromatic carbocycles. The molecule has 2 heterocycles. The number of rotatable bonds is 5. The number of thiazole rings is 1. The monoisotopic (exact) mass is 380 g/mol. The number of carbonyl (C=O) groups excluding carboxylic acids is 1. The van der Waals surface area contributed by atoms with Crippen LogP contribution in [0.2, 0.25) is 0 Å². The number of alkyl halides is 2. The van der Waals surface area contributed by atoms with Gasteiger partial charge >= 0.3 is 6.61 Å². The van der Waals surface area contributed by atoms with Crippen LogP contribution in [0.1, 0.15) is 20.1 Å². The summed E-state index contributed by atoms with van der Waals surface area (Å²) in [7, 11) is 0. The molecule has 0 aliphatic heterocycles. The van der Waals surface area contributed by atoms with Gasteiger partial charge in [-0.3, -0.25) is 10.1 Å². The second kappa shape index (κ2) is 7.28. The maximum Gasteiger partial charge on any atom is 0.387 e. The van der Waals surface area contributed by atoms with E-state index in [2.05, 4.69) is 15.0 Å². The van der Waals surface area contributed by atoms with E-state index in [1.807, 2.05) is 25.3 Å². The van der Waals surface area contributed by atoms with Gasteiger partial charge in [0.05, 0.1) is 11.3 Å². The van der Waals surface area contributed by atoms with Crippen LogP contribution in [0.15, 0.2) is 35.7 Å². The van der Waals surface area contributed by atoms with E-state index in [1.165, 1.54) is 34.4 Å². The number of anilines is 1. The number of amides is 1. The maximum atomic E-state index is 12.5. The van der Waals surface area contributed by atoms with E-state index < -0.39 is 12.5 Å². The zero-order valence-electron chi connectivity index (χ0n) is 13.4. The predicted molar refractivity (Wildman–Crippen MR) is 95.9 cm³/mol. The summed E-state index contributed by atoms with van der Waals surface area (Å²) in [6, 6.07) is 7.90. The number of benzene rings is 1. The van der Waals surface area contributed by atoms with Crippen molar-refractivity contribution in [1.82, 2.24) is 4.98 Å². The first-order chi connectivity index (χ1) is 11.9. The van der Waals surface area contributed by atoms with Gasteiger partial charge in [-0.25, -0.2) is 4.98 Å². The van der Waals surface area contributed by atoms with Gasteiger partial charge in [0.15, 0.2) is 5.13 Å². The van der Waals surface area contributed by atoms with Crippen LogP contribution in [0, 0.1) is 13.8 Å². The van der Waals surface area contributed by atoms with E-state index in [-0.39, 0.29) is 11.3 Å². The number of carbonyl (C=O) groups is 1. The first kappa shape index (κ1) is 17.5. The quantitative estimate of drug-likeness (QED) is 0.650. The van der Waals surface area contributed by atoms with Crippen LogP contribution >= 0.6 is 22.7 Å². The Labute approximate surface area is 151 Å². The Kier molecular flexibility index (Phi) is 5.10. The molecule has 8 heteroatoms. The van der Waals surface area contributed by atoms with Crippen LogP contribution in [0.25, 0.3) is 11.3 Å². The van der Waals surface area contributed by atoms with Gasteiger partial charge in [0.2, 0.25) is 0 Å². The number of halogens is 2. The second-order valence-corrected chi connectivity index (χ2v) is 7.51. The fourth-order valence-corrected chi connectivity index (χ4v) is 4.00. The van der Waals surface area contributed by atoms with Gasteiger partial charge in [-0.2, -0.15) is 8.78 Å². The van der Waals surface area contributed by atoms with E-state index in [4.69, 9.17) is 0 Å². The third kappa shape index (κ3) is 4.02. The lowest BCUT2D eigenvalue weighted by molar-refractivity contribution is -0.0501. The van der Waals surface area contributed by atoms with Gasteiger partial charge in [-0.05, 0) is 32.0 Å². The van der Waals surface area contributed by atoms with Crippen LogP contribution in [0.3, 0.4) is 0 Å². The summed E-state index contributed by atoms with van der Waals surface area (Å²) in [4.78, 5) is 19.1. The fourth-order valence-electron chi connectivity index (χ4n) is 2.36. The molecule has 0 radical (unpaired) electrons. The first-order valence-corrected chi connectivity index (χ1v) is 9.02. The number of aromatic nitrogens is 1. The molecule has 1 N–H and O–H groups in total.